The van der Waals surface area contributed by atoms with Crippen LogP contribution in [-0.2, 0) is 37.2 Å². The normalized spacial score (nSPS) is 11.0. The summed E-state index contributed by atoms with van der Waals surface area (Å²) >= 11 is 0. The summed E-state index contributed by atoms with van der Waals surface area (Å²) < 4.78 is 37.5. The number of rotatable bonds is 14. The molecule has 0 aliphatic carbocycles. The van der Waals surface area contributed by atoms with Crippen LogP contribution in [0.25, 0.3) is 0 Å². The highest BCUT2D eigenvalue weighted by molar-refractivity contribution is 7.48. The molecule has 0 amide bonds. The number of hydrogen-bond donors (Lipinski definition) is 0. The van der Waals surface area contributed by atoms with Gasteiger partial charge in [-0.3, -0.25) is 13.6 Å². The molecular weight excluding hydrogens is 351 g/mol. The van der Waals surface area contributed by atoms with E-state index in [1.807, 2.05) is 6.92 Å². The molecule has 0 saturated carbocycles. The van der Waals surface area contributed by atoms with Gasteiger partial charge in [0.05, 0.1) is 19.8 Å². The average molecular weight is 378 g/mol. The second kappa shape index (κ2) is 12.8. The van der Waals surface area contributed by atoms with Crippen LogP contribution in [0.3, 0.4) is 0 Å². The Bertz CT molecular complexity index is 476. The number of esters is 2. The van der Waals surface area contributed by atoms with Gasteiger partial charge in [-0.15, -0.1) is 0 Å². The van der Waals surface area contributed by atoms with E-state index in [0.29, 0.717) is 6.42 Å². The highest BCUT2D eigenvalue weighted by Crippen LogP contribution is 2.49. The van der Waals surface area contributed by atoms with Crippen LogP contribution in [0.2, 0.25) is 0 Å². The highest BCUT2D eigenvalue weighted by atomic mass is 31.2. The number of carbonyl (C=O) groups is 2. The van der Waals surface area contributed by atoms with E-state index in [4.69, 9.17) is 23.0 Å². The van der Waals surface area contributed by atoms with Crippen LogP contribution in [0.15, 0.2) is 24.3 Å². The van der Waals surface area contributed by atoms with Gasteiger partial charge in [0.1, 0.15) is 13.2 Å². The third-order valence-corrected chi connectivity index (χ3v) is 4.07. The van der Waals surface area contributed by atoms with Crippen LogP contribution in [-0.4, -0.2) is 45.0 Å². The first kappa shape index (κ1) is 23.5. The van der Waals surface area contributed by atoms with Gasteiger partial charge in [0.15, 0.2) is 0 Å². The third kappa shape index (κ3) is 11.7. The number of unbranched alkanes of at least 4 members (excludes halogenated alkanes) is 1. The number of ether oxygens (including phenoxy) is 2. The first-order valence-electron chi connectivity index (χ1n) is 7.90. The number of hydrogen-bond acceptors (Lipinski definition) is 8. The summed E-state index contributed by atoms with van der Waals surface area (Å²) in [6.07, 6.45) is 1.51. The van der Waals surface area contributed by atoms with Crippen LogP contribution in [0.4, 0.5) is 0 Å². The Hall–Kier alpha value is -1.47. The molecule has 0 heterocycles. The van der Waals surface area contributed by atoms with Crippen molar-refractivity contribution in [2.75, 3.05) is 33.0 Å². The summed E-state index contributed by atoms with van der Waals surface area (Å²) in [7, 11) is -3.84. The standard InChI is InChI=1S/C16H27O8P/c1-6-7-8-22-25(19,23-11-9-20-15(17)13(2)3)24-12-10-21-16(18)14(4)5/h2,4,6-12H2,1,3,5H3. The van der Waals surface area contributed by atoms with Crippen LogP contribution < -0.4 is 0 Å². The predicted octanol–water partition coefficient (Wildman–Crippen LogP) is 3.18. The van der Waals surface area contributed by atoms with E-state index in [1.54, 1.807) is 0 Å². The van der Waals surface area contributed by atoms with Crippen molar-refractivity contribution in [3.8, 4) is 0 Å². The number of phosphoric acid groups is 1. The fourth-order valence-electron chi connectivity index (χ4n) is 1.25. The van der Waals surface area contributed by atoms with Gasteiger partial charge in [-0.1, -0.05) is 26.5 Å². The fourth-order valence-corrected chi connectivity index (χ4v) is 2.42. The molecule has 0 aromatic carbocycles. The topological polar surface area (TPSA) is 97.4 Å². The fraction of sp³-hybridized carbons (Fsp3) is 0.625. The van der Waals surface area contributed by atoms with Crippen molar-refractivity contribution in [2.24, 2.45) is 0 Å². The Morgan fingerprint density at radius 1 is 0.800 bits per heavy atom. The highest BCUT2D eigenvalue weighted by Gasteiger charge is 2.26. The van der Waals surface area contributed by atoms with E-state index in [9.17, 15) is 14.2 Å². The molecule has 144 valence electrons. The van der Waals surface area contributed by atoms with Gasteiger partial charge in [-0.05, 0) is 20.3 Å². The molecule has 25 heavy (non-hydrogen) atoms. The van der Waals surface area contributed by atoms with Crippen molar-refractivity contribution < 1.29 is 37.2 Å². The van der Waals surface area contributed by atoms with Crippen molar-refractivity contribution in [2.45, 2.75) is 33.6 Å². The SMILES string of the molecule is C=C(C)C(=O)OCCOP(=O)(OCCCC)OCCOC(=O)C(=C)C. The van der Waals surface area contributed by atoms with E-state index >= 15 is 0 Å². The second-order valence-corrected chi connectivity index (χ2v) is 6.80. The molecule has 0 radical (unpaired) electrons. The Kier molecular flexibility index (Phi) is 12.1. The summed E-state index contributed by atoms with van der Waals surface area (Å²) in [5.41, 5.74) is 0.496. The summed E-state index contributed by atoms with van der Waals surface area (Å²) in [5, 5.41) is 0. The van der Waals surface area contributed by atoms with Gasteiger partial charge in [0.2, 0.25) is 0 Å². The van der Waals surface area contributed by atoms with Gasteiger partial charge in [-0.25, -0.2) is 14.2 Å². The Morgan fingerprint density at radius 3 is 1.56 bits per heavy atom. The Morgan fingerprint density at radius 2 is 1.20 bits per heavy atom. The molecule has 9 heteroatoms. The molecule has 0 rings (SSSR count). The molecule has 0 unspecified atom stereocenters. The molecule has 0 saturated heterocycles. The monoisotopic (exact) mass is 378 g/mol. The van der Waals surface area contributed by atoms with E-state index in [2.05, 4.69) is 13.2 Å². The lowest BCUT2D eigenvalue weighted by atomic mass is 10.4. The van der Waals surface area contributed by atoms with Gasteiger partial charge in [-0.2, -0.15) is 0 Å². The zero-order chi connectivity index (χ0) is 19.3. The second-order valence-electron chi connectivity index (χ2n) is 5.13. The molecule has 0 spiro atoms. The molecule has 0 atom stereocenters. The number of phosphoric ester groups is 1. The summed E-state index contributed by atoms with van der Waals surface area (Å²) in [6.45, 7) is 11.4. The van der Waals surface area contributed by atoms with E-state index < -0.39 is 19.8 Å². The zero-order valence-corrected chi connectivity index (χ0v) is 16.0. The minimum atomic E-state index is -3.84. The smallest absolute Gasteiger partial charge is 0.460 e. The van der Waals surface area contributed by atoms with E-state index in [-0.39, 0.29) is 44.2 Å². The molecule has 0 bridgehead atoms. The van der Waals surface area contributed by atoms with Crippen molar-refractivity contribution >= 4 is 19.8 Å². The van der Waals surface area contributed by atoms with Gasteiger partial charge in [0, 0.05) is 11.1 Å². The molecule has 0 aliphatic heterocycles. The van der Waals surface area contributed by atoms with E-state index in [0.717, 1.165) is 6.42 Å². The lowest BCUT2D eigenvalue weighted by Crippen LogP contribution is -2.14. The lowest BCUT2D eigenvalue weighted by Gasteiger charge is -2.18. The van der Waals surface area contributed by atoms with E-state index in [1.165, 1.54) is 13.8 Å². The van der Waals surface area contributed by atoms with Crippen molar-refractivity contribution in [3.05, 3.63) is 24.3 Å². The third-order valence-electron chi connectivity index (χ3n) is 2.58. The minimum absolute atomic E-state index is 0.124. The summed E-state index contributed by atoms with van der Waals surface area (Å²) in [5.74, 6) is -1.14. The zero-order valence-electron chi connectivity index (χ0n) is 15.1. The van der Waals surface area contributed by atoms with Gasteiger partial charge in [0.25, 0.3) is 0 Å². The van der Waals surface area contributed by atoms with Crippen LogP contribution in [0.5, 0.6) is 0 Å². The van der Waals surface area contributed by atoms with Crippen molar-refractivity contribution in [3.63, 3.8) is 0 Å². The van der Waals surface area contributed by atoms with Crippen LogP contribution in [0, 0.1) is 0 Å². The van der Waals surface area contributed by atoms with Crippen LogP contribution in [0.1, 0.15) is 33.6 Å². The quantitative estimate of drug-likeness (QED) is 0.197. The van der Waals surface area contributed by atoms with Crippen LogP contribution >= 0.6 is 7.82 Å². The first-order chi connectivity index (χ1) is 11.7. The summed E-state index contributed by atoms with van der Waals surface area (Å²) in [4.78, 5) is 22.5. The average Bonchev–Trinajstić information content (AvgIpc) is 2.55. The van der Waals surface area contributed by atoms with Crippen molar-refractivity contribution in [1.29, 1.82) is 0 Å². The first-order valence-corrected chi connectivity index (χ1v) is 9.36. The molecule has 0 aliphatic rings. The molecule has 0 aromatic heterocycles. The van der Waals surface area contributed by atoms with Gasteiger partial charge < -0.3 is 9.47 Å². The van der Waals surface area contributed by atoms with Crippen molar-refractivity contribution in [1.82, 2.24) is 0 Å². The lowest BCUT2D eigenvalue weighted by molar-refractivity contribution is -0.140. The maximum atomic E-state index is 12.5. The summed E-state index contributed by atoms with van der Waals surface area (Å²) in [6, 6.07) is 0. The minimum Gasteiger partial charge on any atom is -0.460 e. The molecule has 0 fully saturated rings. The van der Waals surface area contributed by atoms with Gasteiger partial charge >= 0.3 is 19.8 Å². The largest absolute Gasteiger partial charge is 0.475 e. The number of carbonyl (C=O) groups excluding carboxylic acids is 2. The Labute approximate surface area is 148 Å². The predicted molar refractivity (Wildman–Crippen MR) is 91.9 cm³/mol. The molecule has 0 N–H and O–H groups in total. The Balaban J connectivity index is 4.34. The molecular formula is C16H27O8P. The maximum Gasteiger partial charge on any atom is 0.475 e. The maximum absolute atomic E-state index is 12.5. The molecule has 0 aromatic rings. The molecule has 8 nitrogen and oxygen atoms in total.